The minimum Gasteiger partial charge on any atom is -0.497 e. The van der Waals surface area contributed by atoms with E-state index >= 15 is 0 Å². The van der Waals surface area contributed by atoms with E-state index < -0.39 is 16.1 Å². The van der Waals surface area contributed by atoms with Crippen molar-refractivity contribution in [2.45, 2.75) is 0 Å². The molecule has 10 nitrogen and oxygen atoms in total. The molecule has 2 aromatic carbocycles. The van der Waals surface area contributed by atoms with Crippen molar-refractivity contribution >= 4 is 39.0 Å². The van der Waals surface area contributed by atoms with Gasteiger partial charge in [0.05, 0.1) is 25.8 Å². The van der Waals surface area contributed by atoms with E-state index in [9.17, 15) is 18.0 Å². The molecule has 190 valence electrons. The third-order valence-corrected chi connectivity index (χ3v) is 7.57. The van der Waals surface area contributed by atoms with Crippen LogP contribution in [0.25, 0.3) is 17.0 Å². The molecule has 11 heteroatoms. The molecule has 0 radical (unpaired) electrons. The molecule has 1 aliphatic heterocycles. The first kappa shape index (κ1) is 25.4. The Balaban J connectivity index is 1.78. The maximum atomic E-state index is 13.5. The van der Waals surface area contributed by atoms with Crippen LogP contribution in [-0.4, -0.2) is 80.9 Å². The number of methoxy groups -OCH3 is 1. The number of carbonyl (C=O) groups excluding carboxylic acids is 2. The van der Waals surface area contributed by atoms with E-state index in [1.807, 2.05) is 0 Å². The summed E-state index contributed by atoms with van der Waals surface area (Å²) in [5.41, 5.74) is 1.30. The lowest BCUT2D eigenvalue weighted by Crippen LogP contribution is -2.44. The first-order valence-electron chi connectivity index (χ1n) is 11.3. The summed E-state index contributed by atoms with van der Waals surface area (Å²) in [6.45, 7) is 1.55. The molecule has 1 fully saturated rings. The Morgan fingerprint density at radius 1 is 1.06 bits per heavy atom. The van der Waals surface area contributed by atoms with Gasteiger partial charge in [0.15, 0.2) is 0 Å². The summed E-state index contributed by atoms with van der Waals surface area (Å²) < 4.78 is 38.7. The van der Waals surface area contributed by atoms with E-state index in [4.69, 9.17) is 9.47 Å². The van der Waals surface area contributed by atoms with E-state index in [0.717, 1.165) is 8.28 Å². The minimum atomic E-state index is -3.82. The summed E-state index contributed by atoms with van der Waals surface area (Å²) in [5, 5.41) is 3.35. The Bertz CT molecular complexity index is 1400. The fraction of sp³-hybridized carbons (Fsp3) is 0.280. The van der Waals surface area contributed by atoms with Crippen LogP contribution in [0.1, 0.15) is 15.9 Å². The number of aromatic nitrogens is 1. The Labute approximate surface area is 209 Å². The van der Waals surface area contributed by atoms with E-state index in [1.165, 1.54) is 33.5 Å². The van der Waals surface area contributed by atoms with Crippen molar-refractivity contribution in [2.24, 2.45) is 0 Å². The number of ether oxygens (including phenoxy) is 2. The van der Waals surface area contributed by atoms with E-state index in [1.54, 1.807) is 53.4 Å². The second-order valence-electron chi connectivity index (χ2n) is 8.33. The van der Waals surface area contributed by atoms with Gasteiger partial charge in [0.1, 0.15) is 11.4 Å². The molecule has 1 saturated heterocycles. The largest absolute Gasteiger partial charge is 0.497 e. The normalized spacial score (nSPS) is 14.8. The van der Waals surface area contributed by atoms with Gasteiger partial charge in [-0.2, -0.15) is 12.7 Å². The highest BCUT2D eigenvalue weighted by molar-refractivity contribution is 7.87. The molecule has 4 rings (SSSR count). The van der Waals surface area contributed by atoms with Crippen LogP contribution < -0.4 is 10.1 Å². The maximum absolute atomic E-state index is 13.5. The van der Waals surface area contributed by atoms with Gasteiger partial charge in [-0.1, -0.05) is 18.2 Å². The number of hydrogen-bond donors (Lipinski definition) is 1. The van der Waals surface area contributed by atoms with Crippen LogP contribution in [0.3, 0.4) is 0 Å². The van der Waals surface area contributed by atoms with Gasteiger partial charge in [0, 0.05) is 49.9 Å². The highest BCUT2D eigenvalue weighted by atomic mass is 32.2. The Kier molecular flexibility index (Phi) is 7.43. The zero-order chi connectivity index (χ0) is 25.9. The molecule has 0 unspecified atom stereocenters. The first-order valence-corrected chi connectivity index (χ1v) is 12.7. The summed E-state index contributed by atoms with van der Waals surface area (Å²) in [7, 11) is 0.602. The van der Waals surface area contributed by atoms with Gasteiger partial charge in [0.25, 0.3) is 11.8 Å². The summed E-state index contributed by atoms with van der Waals surface area (Å²) in [4.78, 5) is 28.1. The van der Waals surface area contributed by atoms with Crippen LogP contribution in [0.4, 0.5) is 0 Å². The third kappa shape index (κ3) is 5.13. The summed E-state index contributed by atoms with van der Waals surface area (Å²) in [6.07, 6.45) is 2.97. The number of carbonyl (C=O) groups is 2. The Morgan fingerprint density at radius 3 is 2.36 bits per heavy atom. The number of para-hydroxylation sites is 1. The number of nitrogens with one attached hydrogen (secondary N) is 1. The topological polar surface area (TPSA) is 110 Å². The SMILES string of the molecule is COc1ccc(C(=O)N/C(=C\c2cn(S(=O)(=O)N(C)C)c3ccccc23)C(=O)N2CCOCC2)cc1. The average Bonchev–Trinajstić information content (AvgIpc) is 3.27. The Morgan fingerprint density at radius 2 is 1.72 bits per heavy atom. The van der Waals surface area contributed by atoms with Crippen LogP contribution in [0.5, 0.6) is 5.75 Å². The van der Waals surface area contributed by atoms with Crippen molar-refractivity contribution in [1.82, 2.24) is 18.5 Å². The predicted octanol–water partition coefficient (Wildman–Crippen LogP) is 1.93. The van der Waals surface area contributed by atoms with Gasteiger partial charge >= 0.3 is 10.2 Å². The lowest BCUT2D eigenvalue weighted by atomic mass is 10.1. The van der Waals surface area contributed by atoms with Gasteiger partial charge in [0.2, 0.25) is 0 Å². The number of rotatable bonds is 7. The monoisotopic (exact) mass is 512 g/mol. The molecule has 2 heterocycles. The maximum Gasteiger partial charge on any atom is 0.307 e. The van der Waals surface area contributed by atoms with Crippen LogP contribution in [-0.2, 0) is 19.7 Å². The second-order valence-corrected chi connectivity index (χ2v) is 10.4. The molecule has 0 saturated carbocycles. The molecular formula is C25H28N4O6S. The molecule has 36 heavy (non-hydrogen) atoms. The Hall–Kier alpha value is -3.67. The summed E-state index contributed by atoms with van der Waals surface area (Å²) in [6, 6.07) is 13.5. The number of morpholine rings is 1. The molecule has 0 bridgehead atoms. The molecule has 1 aliphatic rings. The molecule has 3 aromatic rings. The van der Waals surface area contributed by atoms with Crippen molar-refractivity contribution < 1.29 is 27.5 Å². The van der Waals surface area contributed by atoms with Gasteiger partial charge in [-0.15, -0.1) is 0 Å². The third-order valence-electron chi connectivity index (χ3n) is 5.85. The zero-order valence-electron chi connectivity index (χ0n) is 20.3. The number of hydrogen-bond acceptors (Lipinski definition) is 6. The molecule has 0 spiro atoms. The van der Waals surface area contributed by atoms with Crippen LogP contribution in [0, 0.1) is 0 Å². The predicted molar refractivity (Wildman–Crippen MR) is 136 cm³/mol. The standard InChI is InChI=1S/C25H28N4O6S/c1-27(2)36(32,33)29-17-19(21-6-4-5-7-23(21)29)16-22(25(31)28-12-14-35-15-13-28)26-24(30)18-8-10-20(34-3)11-9-18/h4-11,16-17H,12-15H2,1-3H3,(H,26,30)/b22-16-. The zero-order valence-corrected chi connectivity index (χ0v) is 21.1. The fourth-order valence-electron chi connectivity index (χ4n) is 3.84. The quantitative estimate of drug-likeness (QED) is 0.485. The van der Waals surface area contributed by atoms with Crippen LogP contribution in [0.15, 0.2) is 60.4 Å². The number of amides is 2. The molecule has 0 atom stereocenters. The van der Waals surface area contributed by atoms with Gasteiger partial charge in [-0.05, 0) is 36.4 Å². The highest BCUT2D eigenvalue weighted by Gasteiger charge is 2.25. The van der Waals surface area contributed by atoms with E-state index in [2.05, 4.69) is 5.32 Å². The smallest absolute Gasteiger partial charge is 0.307 e. The first-order chi connectivity index (χ1) is 17.2. The molecule has 1 N–H and O–H groups in total. The fourth-order valence-corrected chi connectivity index (χ4v) is 4.84. The number of fused-ring (bicyclic) bond motifs is 1. The summed E-state index contributed by atoms with van der Waals surface area (Å²) >= 11 is 0. The van der Waals surface area contributed by atoms with E-state index in [-0.39, 0.29) is 11.6 Å². The average molecular weight is 513 g/mol. The van der Waals surface area contributed by atoms with Crippen molar-refractivity contribution in [3.63, 3.8) is 0 Å². The minimum absolute atomic E-state index is 0.0304. The lowest BCUT2D eigenvalue weighted by Gasteiger charge is -2.27. The van der Waals surface area contributed by atoms with Crippen molar-refractivity contribution in [2.75, 3.05) is 47.5 Å². The summed E-state index contributed by atoms with van der Waals surface area (Å²) in [5.74, 6) is -0.260. The number of benzene rings is 2. The van der Waals surface area contributed by atoms with Gasteiger partial charge in [-0.25, -0.2) is 3.97 Å². The van der Waals surface area contributed by atoms with E-state index in [0.29, 0.717) is 54.1 Å². The highest BCUT2D eigenvalue weighted by Crippen LogP contribution is 2.26. The van der Waals surface area contributed by atoms with Crippen molar-refractivity contribution in [1.29, 1.82) is 0 Å². The van der Waals surface area contributed by atoms with Gasteiger partial charge < -0.3 is 19.7 Å². The molecule has 0 aliphatic carbocycles. The van der Waals surface area contributed by atoms with Crippen molar-refractivity contribution in [3.05, 3.63) is 71.6 Å². The molecular weight excluding hydrogens is 484 g/mol. The molecule has 2 amide bonds. The van der Waals surface area contributed by atoms with Crippen LogP contribution >= 0.6 is 0 Å². The van der Waals surface area contributed by atoms with Gasteiger partial charge in [-0.3, -0.25) is 9.59 Å². The van der Waals surface area contributed by atoms with Crippen molar-refractivity contribution in [3.8, 4) is 5.75 Å². The molecule has 1 aromatic heterocycles. The number of nitrogens with zero attached hydrogens (tertiary/aromatic N) is 3. The lowest BCUT2D eigenvalue weighted by molar-refractivity contribution is -0.131. The second kappa shape index (κ2) is 10.5. The van der Waals surface area contributed by atoms with Crippen LogP contribution in [0.2, 0.25) is 0 Å².